The second kappa shape index (κ2) is 13.5. The van der Waals surface area contributed by atoms with Gasteiger partial charge in [-0.1, -0.05) is 12.1 Å². The Bertz CT molecular complexity index is 1250. The van der Waals surface area contributed by atoms with Crippen LogP contribution in [0.4, 0.5) is 13.2 Å². The highest BCUT2D eigenvalue weighted by Crippen LogP contribution is 2.37. The molecule has 210 valence electrons. The number of aryl methyl sites for hydroxylation is 1. The van der Waals surface area contributed by atoms with Crippen LogP contribution < -0.4 is 4.74 Å². The number of halogens is 3. The quantitative estimate of drug-likeness (QED) is 0.237. The van der Waals surface area contributed by atoms with E-state index in [9.17, 15) is 23.1 Å². The zero-order valence-corrected chi connectivity index (χ0v) is 22.9. The molecule has 2 aromatic carbocycles. The maximum atomic E-state index is 13.3. The summed E-state index contributed by atoms with van der Waals surface area (Å²) in [5.41, 5.74) is 1.58. The largest absolute Gasteiger partial charge is 0.497 e. The molecule has 3 aromatic rings. The number of carboxylic acids is 1. The Morgan fingerprint density at radius 2 is 1.97 bits per heavy atom. The van der Waals surface area contributed by atoms with Crippen molar-refractivity contribution in [2.75, 3.05) is 32.5 Å². The van der Waals surface area contributed by atoms with Crippen LogP contribution in [0.1, 0.15) is 43.2 Å². The lowest BCUT2D eigenvalue weighted by molar-refractivity contribution is -0.140. The molecule has 0 amide bonds. The molecular formula is C30H35F3N2O3S. The minimum absolute atomic E-state index is 0.136. The van der Waals surface area contributed by atoms with Gasteiger partial charge in [-0.25, -0.2) is 0 Å². The molecule has 1 fully saturated rings. The summed E-state index contributed by atoms with van der Waals surface area (Å²) in [5.74, 6) is 1.26. The van der Waals surface area contributed by atoms with Gasteiger partial charge in [0, 0.05) is 41.7 Å². The van der Waals surface area contributed by atoms with Gasteiger partial charge in [0.25, 0.3) is 0 Å². The number of aromatic nitrogens is 1. The normalized spacial score (nSPS) is 18.4. The second-order valence-corrected chi connectivity index (χ2v) is 11.3. The number of carboxylic acid groups (broad SMARTS) is 1. The summed E-state index contributed by atoms with van der Waals surface area (Å²) in [6, 6.07) is 13.7. The smallest absolute Gasteiger partial charge is 0.417 e. The van der Waals surface area contributed by atoms with E-state index in [2.05, 4.69) is 16.0 Å². The molecule has 5 nitrogen and oxygen atoms in total. The zero-order chi connectivity index (χ0) is 27.8. The van der Waals surface area contributed by atoms with Crippen LogP contribution >= 0.6 is 11.8 Å². The molecule has 0 unspecified atom stereocenters. The van der Waals surface area contributed by atoms with Crippen LogP contribution in [0.5, 0.6) is 5.75 Å². The van der Waals surface area contributed by atoms with E-state index in [1.165, 1.54) is 29.5 Å². The maximum absolute atomic E-state index is 13.3. The lowest BCUT2D eigenvalue weighted by Gasteiger charge is -2.39. The number of likely N-dealkylation sites (tertiary alicyclic amines) is 1. The summed E-state index contributed by atoms with van der Waals surface area (Å²) in [6.07, 6.45) is 2.12. The van der Waals surface area contributed by atoms with Gasteiger partial charge in [-0.05, 0) is 92.4 Å². The van der Waals surface area contributed by atoms with Crippen LogP contribution in [0.3, 0.4) is 0 Å². The molecule has 4 rings (SSSR count). The summed E-state index contributed by atoms with van der Waals surface area (Å²) in [5, 5.41) is 10.4. The van der Waals surface area contributed by atoms with Gasteiger partial charge in [0.2, 0.25) is 0 Å². The number of benzene rings is 2. The average Bonchev–Trinajstić information content (AvgIpc) is 2.92. The summed E-state index contributed by atoms with van der Waals surface area (Å²) < 4.78 is 45.3. The van der Waals surface area contributed by atoms with E-state index < -0.39 is 17.7 Å². The van der Waals surface area contributed by atoms with Crippen molar-refractivity contribution < 1.29 is 27.8 Å². The van der Waals surface area contributed by atoms with E-state index in [1.54, 1.807) is 13.2 Å². The fraction of sp³-hybridized carbons (Fsp3) is 0.467. The third kappa shape index (κ3) is 8.11. The number of thioether (sulfide) groups is 1. The van der Waals surface area contributed by atoms with Crippen molar-refractivity contribution in [1.82, 2.24) is 9.88 Å². The van der Waals surface area contributed by atoms with Gasteiger partial charge in [0.15, 0.2) is 0 Å². The molecule has 0 radical (unpaired) electrons. The van der Waals surface area contributed by atoms with Gasteiger partial charge in [-0.2, -0.15) is 13.2 Å². The molecule has 0 spiro atoms. The highest BCUT2D eigenvalue weighted by molar-refractivity contribution is 7.99. The van der Waals surface area contributed by atoms with Gasteiger partial charge in [0.1, 0.15) is 5.75 Å². The molecule has 1 saturated heterocycles. The highest BCUT2D eigenvalue weighted by Gasteiger charge is 2.33. The Balaban J connectivity index is 1.33. The topological polar surface area (TPSA) is 62.7 Å². The van der Waals surface area contributed by atoms with Gasteiger partial charge in [0.05, 0.1) is 18.2 Å². The van der Waals surface area contributed by atoms with Crippen LogP contribution in [-0.4, -0.2) is 53.5 Å². The highest BCUT2D eigenvalue weighted by atomic mass is 32.2. The van der Waals surface area contributed by atoms with Gasteiger partial charge in [-0.15, -0.1) is 11.8 Å². The van der Waals surface area contributed by atoms with E-state index >= 15 is 0 Å². The predicted octanol–water partition coefficient (Wildman–Crippen LogP) is 7.18. The number of pyridine rings is 1. The van der Waals surface area contributed by atoms with Crippen molar-refractivity contribution in [3.05, 3.63) is 65.9 Å². The second-order valence-electron chi connectivity index (χ2n) is 10.1. The number of hydrogen-bond donors (Lipinski definition) is 1. The number of piperidine rings is 1. The van der Waals surface area contributed by atoms with E-state index in [0.717, 1.165) is 61.5 Å². The van der Waals surface area contributed by atoms with Crippen LogP contribution in [0, 0.1) is 11.8 Å². The van der Waals surface area contributed by atoms with Crippen molar-refractivity contribution in [2.24, 2.45) is 11.8 Å². The number of hydrogen-bond acceptors (Lipinski definition) is 5. The average molecular weight is 561 g/mol. The Morgan fingerprint density at radius 3 is 2.74 bits per heavy atom. The van der Waals surface area contributed by atoms with E-state index in [0.29, 0.717) is 24.6 Å². The van der Waals surface area contributed by atoms with Crippen molar-refractivity contribution in [3.8, 4) is 5.75 Å². The van der Waals surface area contributed by atoms with Crippen LogP contribution in [0.25, 0.3) is 10.9 Å². The number of methoxy groups -OCH3 is 1. The van der Waals surface area contributed by atoms with E-state index in [-0.39, 0.29) is 17.2 Å². The van der Waals surface area contributed by atoms with Crippen molar-refractivity contribution in [2.45, 2.75) is 49.6 Å². The molecule has 1 aliphatic heterocycles. The maximum Gasteiger partial charge on any atom is 0.417 e. The molecule has 2 heterocycles. The molecular weight excluding hydrogens is 525 g/mol. The van der Waals surface area contributed by atoms with Gasteiger partial charge >= 0.3 is 12.1 Å². The fourth-order valence-corrected chi connectivity index (χ4v) is 6.65. The first-order valence-electron chi connectivity index (χ1n) is 13.4. The minimum atomic E-state index is -4.36. The van der Waals surface area contributed by atoms with Crippen LogP contribution in [0.2, 0.25) is 0 Å². The summed E-state index contributed by atoms with van der Waals surface area (Å²) in [4.78, 5) is 18.3. The number of fused-ring (bicyclic) bond motifs is 1. The molecule has 2 atom stereocenters. The molecule has 9 heteroatoms. The molecule has 0 saturated carbocycles. The molecule has 1 aromatic heterocycles. The van der Waals surface area contributed by atoms with Gasteiger partial charge in [-0.3, -0.25) is 9.78 Å². The van der Waals surface area contributed by atoms with Crippen LogP contribution in [0.15, 0.2) is 59.6 Å². The van der Waals surface area contributed by atoms with Crippen LogP contribution in [-0.2, 0) is 17.4 Å². The molecule has 39 heavy (non-hydrogen) atoms. The molecule has 1 N–H and O–H groups in total. The van der Waals surface area contributed by atoms with Crippen molar-refractivity contribution in [3.63, 3.8) is 0 Å². The number of aliphatic carboxylic acids is 1. The number of nitrogens with zero attached hydrogens (tertiary/aromatic N) is 2. The van der Waals surface area contributed by atoms with Gasteiger partial charge < -0.3 is 14.7 Å². The SMILES string of the molecule is COc1ccc2nccc(CCC[C@@H]3CCN(CCSc4ccccc4C(F)(F)F)C[C@@H]3CCC(=O)O)c2c1. The number of alkyl halides is 3. The number of carbonyl (C=O) groups is 1. The third-order valence-corrected chi connectivity index (χ3v) is 8.68. The molecule has 0 bridgehead atoms. The lowest BCUT2D eigenvalue weighted by atomic mass is 9.79. The van der Waals surface area contributed by atoms with Crippen molar-refractivity contribution >= 4 is 28.6 Å². The number of ether oxygens (including phenoxy) is 1. The Hall–Kier alpha value is -2.78. The lowest BCUT2D eigenvalue weighted by Crippen LogP contribution is -2.41. The first kappa shape index (κ1) is 29.2. The summed E-state index contributed by atoms with van der Waals surface area (Å²) in [6.45, 7) is 2.35. The predicted molar refractivity (Wildman–Crippen MR) is 148 cm³/mol. The molecule has 0 aliphatic carbocycles. The number of rotatable bonds is 12. The molecule has 1 aliphatic rings. The first-order chi connectivity index (χ1) is 18.7. The minimum Gasteiger partial charge on any atom is -0.497 e. The first-order valence-corrected chi connectivity index (χ1v) is 14.4. The fourth-order valence-electron chi connectivity index (χ4n) is 5.57. The Kier molecular flexibility index (Phi) is 10.1. The monoisotopic (exact) mass is 560 g/mol. The standard InChI is InChI=1S/C30H35F3N2O3S/c1-38-24-10-11-27-25(19-24)22(13-15-34-27)6-4-5-21-14-16-35(20-23(21)9-12-29(36)37)17-18-39-28-8-3-2-7-26(28)30(31,32)33/h2-3,7-8,10-11,13,15,19,21,23H,4-6,9,12,14,16-18,20H2,1H3,(H,36,37)/t21-,23+/m1/s1. The Labute approximate surface area is 231 Å². The van der Waals surface area contributed by atoms with E-state index in [1.807, 2.05) is 24.4 Å². The van der Waals surface area contributed by atoms with E-state index in [4.69, 9.17) is 4.74 Å². The summed E-state index contributed by atoms with van der Waals surface area (Å²) in [7, 11) is 1.65. The van der Waals surface area contributed by atoms with Crippen molar-refractivity contribution in [1.29, 1.82) is 0 Å². The summed E-state index contributed by atoms with van der Waals surface area (Å²) >= 11 is 1.23. The third-order valence-electron chi connectivity index (χ3n) is 7.62. The zero-order valence-electron chi connectivity index (χ0n) is 22.1. The Morgan fingerprint density at radius 1 is 1.15 bits per heavy atom.